The number of hydrogen-bond donors (Lipinski definition) is 0. The van der Waals surface area contributed by atoms with Crippen LogP contribution in [0.15, 0.2) is 18.6 Å². The summed E-state index contributed by atoms with van der Waals surface area (Å²) in [6, 6.07) is 0. The third kappa shape index (κ3) is 3.18. The van der Waals surface area contributed by atoms with Gasteiger partial charge in [0.15, 0.2) is 0 Å². The number of rotatable bonds is 3. The van der Waals surface area contributed by atoms with Crippen molar-refractivity contribution in [3.63, 3.8) is 0 Å². The minimum atomic E-state index is -0.215. The predicted octanol–water partition coefficient (Wildman–Crippen LogP) is 0.325. The highest BCUT2D eigenvalue weighted by atomic mass is 16.5. The molecule has 0 saturated carbocycles. The second kappa shape index (κ2) is 6.29. The van der Waals surface area contributed by atoms with Crippen LogP contribution in [0.4, 0.5) is 0 Å². The molecule has 22 heavy (non-hydrogen) atoms. The molecule has 2 atom stereocenters. The van der Waals surface area contributed by atoms with Crippen LogP contribution < -0.4 is 4.74 Å². The van der Waals surface area contributed by atoms with Gasteiger partial charge in [-0.3, -0.25) is 14.6 Å². The molecule has 0 aromatic carbocycles. The van der Waals surface area contributed by atoms with Crippen LogP contribution in [0.2, 0.25) is 0 Å². The van der Waals surface area contributed by atoms with Crippen LogP contribution in [0, 0.1) is 5.92 Å². The Kier molecular flexibility index (Phi) is 4.22. The van der Waals surface area contributed by atoms with Crippen molar-refractivity contribution in [2.45, 2.75) is 25.4 Å². The Morgan fingerprint density at radius 3 is 2.91 bits per heavy atom. The minimum Gasteiger partial charge on any atom is -0.471 e. The molecule has 3 heterocycles. The highest BCUT2D eigenvalue weighted by molar-refractivity contribution is 5.89. The van der Waals surface area contributed by atoms with E-state index in [1.54, 1.807) is 30.5 Å². The van der Waals surface area contributed by atoms with Gasteiger partial charge in [0, 0.05) is 39.0 Å². The van der Waals surface area contributed by atoms with Crippen molar-refractivity contribution in [1.29, 1.82) is 0 Å². The molecule has 0 aliphatic carbocycles. The first-order valence-corrected chi connectivity index (χ1v) is 7.59. The van der Waals surface area contributed by atoms with Crippen LogP contribution >= 0.6 is 0 Å². The van der Waals surface area contributed by atoms with Crippen molar-refractivity contribution >= 4 is 11.8 Å². The number of aromatic nitrogens is 2. The van der Waals surface area contributed by atoms with Crippen LogP contribution in [0.5, 0.6) is 5.88 Å². The van der Waals surface area contributed by atoms with Gasteiger partial charge in [-0.05, 0) is 12.8 Å². The lowest BCUT2D eigenvalue weighted by molar-refractivity contribution is -0.138. The molecule has 1 aromatic rings. The minimum absolute atomic E-state index is 0.0442. The Balaban J connectivity index is 1.58. The Labute approximate surface area is 129 Å². The Morgan fingerprint density at radius 1 is 1.36 bits per heavy atom. The van der Waals surface area contributed by atoms with E-state index in [0.717, 1.165) is 19.4 Å². The molecule has 7 heteroatoms. The van der Waals surface area contributed by atoms with Gasteiger partial charge in [0.1, 0.15) is 6.10 Å². The first kappa shape index (κ1) is 14.7. The van der Waals surface area contributed by atoms with Gasteiger partial charge < -0.3 is 14.5 Å². The van der Waals surface area contributed by atoms with Crippen LogP contribution in [0.3, 0.4) is 0 Å². The predicted molar refractivity (Wildman–Crippen MR) is 78.0 cm³/mol. The summed E-state index contributed by atoms with van der Waals surface area (Å²) < 4.78 is 5.80. The summed E-state index contributed by atoms with van der Waals surface area (Å²) in [7, 11) is 1.74. The molecule has 3 rings (SSSR count). The van der Waals surface area contributed by atoms with Crippen molar-refractivity contribution in [3.8, 4) is 5.88 Å². The number of likely N-dealkylation sites (tertiary alicyclic amines) is 2. The van der Waals surface area contributed by atoms with E-state index >= 15 is 0 Å². The maximum absolute atomic E-state index is 12.6. The third-order valence-electron chi connectivity index (χ3n) is 4.21. The second-order valence-corrected chi connectivity index (χ2v) is 5.89. The summed E-state index contributed by atoms with van der Waals surface area (Å²) in [6.45, 7) is 1.79. The zero-order chi connectivity index (χ0) is 15.5. The normalized spacial score (nSPS) is 25.4. The number of nitrogens with zero attached hydrogens (tertiary/aromatic N) is 4. The molecule has 2 amide bonds. The lowest BCUT2D eigenvalue weighted by Gasteiger charge is -2.33. The fraction of sp³-hybridized carbons (Fsp3) is 0.600. The molecule has 2 saturated heterocycles. The molecule has 0 spiro atoms. The van der Waals surface area contributed by atoms with Crippen LogP contribution in [0.1, 0.15) is 19.3 Å². The van der Waals surface area contributed by atoms with Gasteiger partial charge in [-0.15, -0.1) is 0 Å². The number of carbonyl (C=O) groups is 2. The first-order valence-electron chi connectivity index (χ1n) is 7.59. The molecule has 0 radical (unpaired) electrons. The summed E-state index contributed by atoms with van der Waals surface area (Å²) >= 11 is 0. The third-order valence-corrected chi connectivity index (χ3v) is 4.21. The fourth-order valence-electron chi connectivity index (χ4n) is 3.04. The quantitative estimate of drug-likeness (QED) is 0.804. The van der Waals surface area contributed by atoms with Gasteiger partial charge >= 0.3 is 0 Å². The monoisotopic (exact) mass is 304 g/mol. The van der Waals surface area contributed by atoms with Crippen molar-refractivity contribution in [2.75, 3.05) is 26.7 Å². The highest BCUT2D eigenvalue weighted by Gasteiger charge is 2.36. The Hall–Kier alpha value is -2.18. The maximum atomic E-state index is 12.6. The first-order chi connectivity index (χ1) is 10.6. The van der Waals surface area contributed by atoms with Gasteiger partial charge in [0.2, 0.25) is 17.7 Å². The molecule has 7 nitrogen and oxygen atoms in total. The topological polar surface area (TPSA) is 75.6 Å². The summed E-state index contributed by atoms with van der Waals surface area (Å²) in [5.41, 5.74) is 0. The van der Waals surface area contributed by atoms with Crippen LogP contribution in [-0.2, 0) is 9.59 Å². The van der Waals surface area contributed by atoms with Gasteiger partial charge in [0.05, 0.1) is 18.7 Å². The molecular formula is C15H20N4O3. The Morgan fingerprint density at radius 2 is 2.23 bits per heavy atom. The van der Waals surface area contributed by atoms with E-state index in [1.807, 2.05) is 4.90 Å². The number of piperidine rings is 1. The molecule has 118 valence electrons. The molecular weight excluding hydrogens is 284 g/mol. The molecule has 0 N–H and O–H groups in total. The Bertz CT molecular complexity index is 551. The summed E-state index contributed by atoms with van der Waals surface area (Å²) in [6.07, 6.45) is 6.80. The number of amides is 2. The van der Waals surface area contributed by atoms with E-state index < -0.39 is 0 Å². The lowest BCUT2D eigenvalue weighted by Crippen LogP contribution is -2.47. The maximum Gasteiger partial charge on any atom is 0.232 e. The summed E-state index contributed by atoms with van der Waals surface area (Å²) in [5.74, 6) is 0.373. The smallest absolute Gasteiger partial charge is 0.232 e. The van der Waals surface area contributed by atoms with E-state index in [0.29, 0.717) is 25.4 Å². The van der Waals surface area contributed by atoms with Crippen LogP contribution in [0.25, 0.3) is 0 Å². The van der Waals surface area contributed by atoms with Crippen molar-refractivity contribution < 1.29 is 14.3 Å². The molecule has 2 unspecified atom stereocenters. The number of ether oxygens (including phenoxy) is 1. The van der Waals surface area contributed by atoms with Gasteiger partial charge in [0.25, 0.3) is 0 Å². The zero-order valence-corrected chi connectivity index (χ0v) is 12.6. The van der Waals surface area contributed by atoms with E-state index in [2.05, 4.69) is 9.97 Å². The van der Waals surface area contributed by atoms with Crippen molar-refractivity contribution in [2.24, 2.45) is 5.92 Å². The average molecular weight is 304 g/mol. The number of hydrogen-bond acceptors (Lipinski definition) is 5. The van der Waals surface area contributed by atoms with Gasteiger partial charge in [-0.25, -0.2) is 4.98 Å². The lowest BCUT2D eigenvalue weighted by atomic mass is 10.0. The van der Waals surface area contributed by atoms with Crippen molar-refractivity contribution in [1.82, 2.24) is 19.8 Å². The SMILES string of the molecule is CN1CC(C(=O)N2CCCC(Oc3cnccn3)C2)CC1=O. The van der Waals surface area contributed by atoms with Gasteiger partial charge in [-0.1, -0.05) is 0 Å². The summed E-state index contributed by atoms with van der Waals surface area (Å²) in [5, 5.41) is 0. The molecule has 0 bridgehead atoms. The second-order valence-electron chi connectivity index (χ2n) is 5.89. The highest BCUT2D eigenvalue weighted by Crippen LogP contribution is 2.22. The molecule has 2 aliphatic rings. The van der Waals surface area contributed by atoms with E-state index in [-0.39, 0.29) is 23.8 Å². The van der Waals surface area contributed by atoms with Crippen LogP contribution in [-0.4, -0.2) is 64.4 Å². The summed E-state index contributed by atoms with van der Waals surface area (Å²) in [4.78, 5) is 35.7. The van der Waals surface area contributed by atoms with E-state index in [9.17, 15) is 9.59 Å². The zero-order valence-electron chi connectivity index (χ0n) is 12.6. The standard InChI is InChI=1S/C15H20N4O3/c1-18-9-11(7-14(18)20)15(21)19-6-2-3-12(10-19)22-13-8-16-4-5-17-13/h4-5,8,11-12H,2-3,6-7,9-10H2,1H3. The fourth-order valence-corrected chi connectivity index (χ4v) is 3.04. The number of carbonyl (C=O) groups excluding carboxylic acids is 2. The van der Waals surface area contributed by atoms with Gasteiger partial charge in [-0.2, -0.15) is 0 Å². The van der Waals surface area contributed by atoms with E-state index in [1.165, 1.54) is 0 Å². The van der Waals surface area contributed by atoms with Crippen molar-refractivity contribution in [3.05, 3.63) is 18.6 Å². The molecule has 2 aliphatic heterocycles. The van der Waals surface area contributed by atoms with E-state index in [4.69, 9.17) is 4.74 Å². The molecule has 2 fully saturated rings. The largest absolute Gasteiger partial charge is 0.471 e. The average Bonchev–Trinajstić information content (AvgIpc) is 2.87. The molecule has 1 aromatic heterocycles.